The fourth-order valence-electron chi connectivity index (χ4n) is 0.929. The largest absolute Gasteiger partial charge is 0.365 e. The van der Waals surface area contributed by atoms with E-state index in [1.807, 2.05) is 14.1 Å². The lowest BCUT2D eigenvalue weighted by Crippen LogP contribution is -2.46. The molecule has 0 fully saturated rings. The van der Waals surface area contributed by atoms with Crippen molar-refractivity contribution in [2.24, 2.45) is 5.73 Å². The lowest BCUT2D eigenvalue weighted by Gasteiger charge is -2.27. The maximum absolute atomic E-state index is 10.5. The van der Waals surface area contributed by atoms with Gasteiger partial charge in [-0.1, -0.05) is 0 Å². The first kappa shape index (κ1) is 9.43. The fraction of sp³-hybridized carbons (Fsp3) is 0.714. The molecule has 0 saturated heterocycles. The summed E-state index contributed by atoms with van der Waals surface area (Å²) in [5, 5.41) is 0. The number of carbonyl (C=O) groups is 1. The maximum Gasteiger partial charge on any atom is 0.272 e. The highest BCUT2D eigenvalue weighted by atomic mass is 16.1. The predicted octanol–water partition coefficient (Wildman–Crippen LogP) is -0.228. The molecule has 0 aromatic rings. The number of carbonyl (C=O) groups excluding carboxylic acids is 1. The molecule has 3 heteroatoms. The lowest BCUT2D eigenvalue weighted by atomic mass is 10.3. The molecule has 0 spiro atoms. The highest BCUT2D eigenvalue weighted by molar-refractivity contribution is 5.74. The van der Waals surface area contributed by atoms with Crippen molar-refractivity contribution in [2.45, 2.75) is 6.42 Å². The van der Waals surface area contributed by atoms with Crippen molar-refractivity contribution in [3.63, 3.8) is 0 Å². The molecule has 0 rings (SSSR count). The highest BCUT2D eigenvalue weighted by Crippen LogP contribution is 1.96. The summed E-state index contributed by atoms with van der Waals surface area (Å²) in [6.45, 7) is 5.00. The molecule has 0 aliphatic heterocycles. The molecule has 0 unspecified atom stereocenters. The van der Waals surface area contributed by atoms with Gasteiger partial charge in [-0.05, 0) is 13.3 Å². The van der Waals surface area contributed by atoms with Crippen LogP contribution in [0.5, 0.6) is 0 Å². The van der Waals surface area contributed by atoms with E-state index >= 15 is 0 Å². The monoisotopic (exact) mass is 144 g/mol. The SMILES string of the molecule is [CH2]CC[N+](C)(C)CC(N)=O. The van der Waals surface area contributed by atoms with Gasteiger partial charge < -0.3 is 10.2 Å². The van der Waals surface area contributed by atoms with E-state index in [0.29, 0.717) is 11.0 Å². The minimum absolute atomic E-state index is 0.251. The molecule has 1 amide bonds. The van der Waals surface area contributed by atoms with Crippen LogP contribution in [0.2, 0.25) is 0 Å². The van der Waals surface area contributed by atoms with Crippen molar-refractivity contribution >= 4 is 5.91 Å². The van der Waals surface area contributed by atoms with Gasteiger partial charge in [-0.25, -0.2) is 0 Å². The minimum Gasteiger partial charge on any atom is -0.365 e. The Kier molecular flexibility index (Phi) is 3.36. The van der Waals surface area contributed by atoms with Crippen LogP contribution in [0, 0.1) is 6.92 Å². The Morgan fingerprint density at radius 2 is 2.10 bits per heavy atom. The molecular weight excluding hydrogens is 128 g/mol. The van der Waals surface area contributed by atoms with E-state index in [0.717, 1.165) is 13.0 Å². The van der Waals surface area contributed by atoms with E-state index in [2.05, 4.69) is 6.92 Å². The average Bonchev–Trinajstić information content (AvgIpc) is 1.59. The van der Waals surface area contributed by atoms with Gasteiger partial charge in [0.2, 0.25) is 0 Å². The molecule has 0 saturated carbocycles. The summed E-state index contributed by atoms with van der Waals surface area (Å²) in [7, 11) is 3.94. The van der Waals surface area contributed by atoms with Gasteiger partial charge in [-0.3, -0.25) is 4.79 Å². The van der Waals surface area contributed by atoms with Gasteiger partial charge in [0.1, 0.15) is 0 Å². The number of primary amides is 1. The van der Waals surface area contributed by atoms with Crippen LogP contribution >= 0.6 is 0 Å². The van der Waals surface area contributed by atoms with Gasteiger partial charge in [0.05, 0.1) is 20.6 Å². The van der Waals surface area contributed by atoms with Crippen LogP contribution in [0.4, 0.5) is 0 Å². The van der Waals surface area contributed by atoms with Crippen LogP contribution < -0.4 is 5.73 Å². The summed E-state index contributed by atoms with van der Waals surface area (Å²) >= 11 is 0. The lowest BCUT2D eigenvalue weighted by molar-refractivity contribution is -0.882. The number of nitrogens with zero attached hydrogens (tertiary/aromatic N) is 1. The number of amides is 1. The maximum atomic E-state index is 10.5. The summed E-state index contributed by atoms with van der Waals surface area (Å²) in [5.74, 6) is -0.251. The van der Waals surface area contributed by atoms with Crippen molar-refractivity contribution in [3.05, 3.63) is 6.92 Å². The first-order valence-corrected chi connectivity index (χ1v) is 3.37. The number of hydrogen-bond donors (Lipinski definition) is 1. The van der Waals surface area contributed by atoms with Crippen molar-refractivity contribution in [1.29, 1.82) is 0 Å². The molecule has 0 bridgehead atoms. The topological polar surface area (TPSA) is 43.1 Å². The Morgan fingerprint density at radius 3 is 2.40 bits per heavy atom. The second kappa shape index (κ2) is 3.56. The molecule has 59 valence electrons. The van der Waals surface area contributed by atoms with E-state index in [-0.39, 0.29) is 5.91 Å². The summed E-state index contributed by atoms with van der Waals surface area (Å²) in [6.07, 6.45) is 0.834. The molecule has 2 N–H and O–H groups in total. The van der Waals surface area contributed by atoms with Crippen LogP contribution in [0.3, 0.4) is 0 Å². The van der Waals surface area contributed by atoms with Crippen LogP contribution in [0.1, 0.15) is 6.42 Å². The van der Waals surface area contributed by atoms with Crippen molar-refractivity contribution in [3.8, 4) is 0 Å². The standard InChI is InChI=1S/C7H15N2O/c1-4-5-9(2,3)6-7(8)10/h1,4-6H2,2-3H3,(H-,8,10)/p+1. The zero-order valence-electron chi connectivity index (χ0n) is 6.76. The van der Waals surface area contributed by atoms with E-state index in [9.17, 15) is 4.79 Å². The van der Waals surface area contributed by atoms with Crippen molar-refractivity contribution < 1.29 is 9.28 Å². The normalized spacial score (nSPS) is 11.5. The number of hydrogen-bond acceptors (Lipinski definition) is 1. The summed E-state index contributed by atoms with van der Waals surface area (Å²) in [5.41, 5.74) is 5.03. The van der Waals surface area contributed by atoms with Gasteiger partial charge in [-0.2, -0.15) is 0 Å². The van der Waals surface area contributed by atoms with Gasteiger partial charge in [0.25, 0.3) is 5.91 Å². The second-order valence-corrected chi connectivity index (χ2v) is 3.14. The number of nitrogens with two attached hydrogens (primary N) is 1. The van der Waals surface area contributed by atoms with Crippen molar-refractivity contribution in [1.82, 2.24) is 0 Å². The van der Waals surface area contributed by atoms with Gasteiger partial charge >= 0.3 is 0 Å². The Balaban J connectivity index is 3.74. The quantitative estimate of drug-likeness (QED) is 0.544. The zero-order valence-corrected chi connectivity index (χ0v) is 6.76. The molecule has 0 atom stereocenters. The molecule has 0 heterocycles. The second-order valence-electron chi connectivity index (χ2n) is 3.14. The van der Waals surface area contributed by atoms with E-state index < -0.39 is 0 Å². The van der Waals surface area contributed by atoms with Gasteiger partial charge in [0, 0.05) is 0 Å². The van der Waals surface area contributed by atoms with E-state index in [1.54, 1.807) is 0 Å². The van der Waals surface area contributed by atoms with Crippen LogP contribution in [-0.4, -0.2) is 37.6 Å². The van der Waals surface area contributed by atoms with Crippen LogP contribution in [0.25, 0.3) is 0 Å². The number of likely N-dealkylation sites (N-methyl/N-ethyl adjacent to an activating group) is 1. The summed E-state index contributed by atoms with van der Waals surface area (Å²) in [6, 6.07) is 0. The minimum atomic E-state index is -0.251. The van der Waals surface area contributed by atoms with E-state index in [1.165, 1.54) is 0 Å². The smallest absolute Gasteiger partial charge is 0.272 e. The third kappa shape index (κ3) is 4.32. The van der Waals surface area contributed by atoms with E-state index in [4.69, 9.17) is 5.73 Å². The zero-order chi connectivity index (χ0) is 8.20. The third-order valence-corrected chi connectivity index (χ3v) is 1.35. The third-order valence-electron chi connectivity index (χ3n) is 1.35. The highest BCUT2D eigenvalue weighted by Gasteiger charge is 2.15. The number of rotatable bonds is 4. The summed E-state index contributed by atoms with van der Waals surface area (Å²) in [4.78, 5) is 10.5. The molecule has 0 aliphatic carbocycles. The van der Waals surface area contributed by atoms with Crippen LogP contribution in [0.15, 0.2) is 0 Å². The molecule has 0 aliphatic rings. The predicted molar refractivity (Wildman–Crippen MR) is 41.0 cm³/mol. The van der Waals surface area contributed by atoms with Crippen molar-refractivity contribution in [2.75, 3.05) is 27.2 Å². The molecule has 0 aromatic carbocycles. The first-order chi connectivity index (χ1) is 4.48. The molecule has 10 heavy (non-hydrogen) atoms. The first-order valence-electron chi connectivity index (χ1n) is 3.37. The summed E-state index contributed by atoms with van der Waals surface area (Å²) < 4.78 is 0.638. The number of quaternary nitrogens is 1. The Hall–Kier alpha value is -0.570. The molecule has 3 nitrogen and oxygen atoms in total. The van der Waals surface area contributed by atoms with Gasteiger partial charge in [-0.15, -0.1) is 0 Å². The Bertz CT molecular complexity index is 121. The fourth-order valence-corrected chi connectivity index (χ4v) is 0.929. The Morgan fingerprint density at radius 1 is 1.60 bits per heavy atom. The molecule has 1 radical (unpaired) electrons. The van der Waals surface area contributed by atoms with Crippen LogP contribution in [-0.2, 0) is 4.79 Å². The Labute approximate surface area is 62.4 Å². The van der Waals surface area contributed by atoms with Gasteiger partial charge in [0.15, 0.2) is 6.54 Å². The average molecular weight is 144 g/mol. The molecular formula is C7H16N2O+. The molecule has 0 aromatic heterocycles.